The van der Waals surface area contributed by atoms with Crippen LogP contribution in [0.2, 0.25) is 0 Å². The van der Waals surface area contributed by atoms with Crippen molar-refractivity contribution in [2.75, 3.05) is 43.9 Å². The average Bonchev–Trinajstić information content (AvgIpc) is 3.46. The number of likely N-dealkylation sites (N-methyl/N-ethyl adjacent to an activating group) is 1. The molecule has 4 aromatic rings. The fraction of sp³-hybridized carbons (Fsp3) is 0.333. The number of nitrogens with zero attached hydrogens (tertiary/aromatic N) is 5. The highest BCUT2D eigenvalue weighted by molar-refractivity contribution is 5.86. The highest BCUT2D eigenvalue weighted by Crippen LogP contribution is 2.29. The second-order valence-corrected chi connectivity index (χ2v) is 8.81. The van der Waals surface area contributed by atoms with Crippen molar-refractivity contribution in [2.45, 2.75) is 18.4 Å². The highest BCUT2D eigenvalue weighted by atomic mass is 16.4. The lowest BCUT2D eigenvalue weighted by molar-refractivity contribution is -0.109. The summed E-state index contributed by atoms with van der Waals surface area (Å²) in [5.74, 6) is 0.937. The molecule has 0 bridgehead atoms. The lowest BCUT2D eigenvalue weighted by atomic mass is 10.0. The standard InChI is InChI=1S/C20H20N6O.C4H7NO/c1-25-6-8-26(9-7-25)19-12-22-15-4-2-13(10-16(15)23-19)14-3-5-18-17(11-14)24-20(21)27-18;5-4(3-6)1-2-4/h2-5,10-12H,6-9H2,1H3,(H2,21,24);3H,1-2,5H2. The molecular formula is C24H27N7O2. The number of fused-ring (bicyclic) bond motifs is 2. The topological polar surface area (TPSA) is 127 Å². The number of oxazole rings is 1. The van der Waals surface area contributed by atoms with E-state index in [2.05, 4.69) is 38.9 Å². The Kier molecular flexibility index (Phi) is 5.43. The van der Waals surface area contributed by atoms with Gasteiger partial charge < -0.3 is 30.5 Å². The van der Waals surface area contributed by atoms with E-state index < -0.39 is 0 Å². The molecule has 1 saturated carbocycles. The highest BCUT2D eigenvalue weighted by Gasteiger charge is 2.37. The van der Waals surface area contributed by atoms with Gasteiger partial charge in [-0.05, 0) is 55.3 Å². The van der Waals surface area contributed by atoms with Crippen LogP contribution in [-0.2, 0) is 4.79 Å². The number of nitrogens with two attached hydrogens (primary N) is 2. The first kappa shape index (κ1) is 21.3. The number of rotatable bonds is 3. The number of aromatic nitrogens is 3. The van der Waals surface area contributed by atoms with Crippen LogP contribution < -0.4 is 16.4 Å². The molecule has 2 aromatic carbocycles. The summed E-state index contributed by atoms with van der Waals surface area (Å²) in [6, 6.07) is 12.2. The molecular weight excluding hydrogens is 418 g/mol. The van der Waals surface area contributed by atoms with Crippen LogP contribution >= 0.6 is 0 Å². The minimum absolute atomic E-state index is 0.184. The summed E-state index contributed by atoms with van der Waals surface area (Å²) in [7, 11) is 2.15. The fourth-order valence-electron chi connectivity index (χ4n) is 3.76. The number of aldehydes is 1. The Balaban J connectivity index is 0.000000332. The van der Waals surface area contributed by atoms with Crippen LogP contribution in [0.3, 0.4) is 0 Å². The summed E-state index contributed by atoms with van der Waals surface area (Å²) in [5, 5.41) is 0. The van der Waals surface area contributed by atoms with Crippen molar-refractivity contribution in [3.8, 4) is 11.1 Å². The van der Waals surface area contributed by atoms with Gasteiger partial charge in [0.05, 0.1) is 22.8 Å². The zero-order chi connectivity index (χ0) is 23.0. The van der Waals surface area contributed by atoms with E-state index in [1.165, 1.54) is 0 Å². The Labute approximate surface area is 191 Å². The largest absolute Gasteiger partial charge is 0.424 e. The smallest absolute Gasteiger partial charge is 0.292 e. The van der Waals surface area contributed by atoms with Gasteiger partial charge in [0.15, 0.2) is 5.58 Å². The Morgan fingerprint density at radius 3 is 2.33 bits per heavy atom. The van der Waals surface area contributed by atoms with Gasteiger partial charge in [-0.25, -0.2) is 4.98 Å². The maximum absolute atomic E-state index is 9.76. The summed E-state index contributed by atoms with van der Waals surface area (Å²) in [6.45, 7) is 4.03. The van der Waals surface area contributed by atoms with Gasteiger partial charge in [0, 0.05) is 26.2 Å². The molecule has 2 aliphatic rings. The molecule has 2 fully saturated rings. The number of hydrogen-bond acceptors (Lipinski definition) is 9. The van der Waals surface area contributed by atoms with E-state index in [9.17, 15) is 4.79 Å². The zero-order valence-electron chi connectivity index (χ0n) is 18.6. The summed E-state index contributed by atoms with van der Waals surface area (Å²) >= 11 is 0. The molecule has 170 valence electrons. The van der Waals surface area contributed by atoms with Gasteiger partial charge in [0.2, 0.25) is 0 Å². The molecule has 3 heterocycles. The van der Waals surface area contributed by atoms with Crippen molar-refractivity contribution in [2.24, 2.45) is 5.73 Å². The average molecular weight is 446 g/mol. The van der Waals surface area contributed by atoms with Crippen LogP contribution in [0.25, 0.3) is 33.3 Å². The molecule has 9 nitrogen and oxygen atoms in total. The maximum Gasteiger partial charge on any atom is 0.292 e. The van der Waals surface area contributed by atoms with E-state index in [4.69, 9.17) is 20.9 Å². The Hall–Kier alpha value is -3.56. The zero-order valence-corrected chi connectivity index (χ0v) is 18.6. The van der Waals surface area contributed by atoms with E-state index in [1.54, 1.807) is 0 Å². The molecule has 33 heavy (non-hydrogen) atoms. The number of piperazine rings is 1. The van der Waals surface area contributed by atoms with Crippen molar-refractivity contribution in [3.05, 3.63) is 42.6 Å². The van der Waals surface area contributed by atoms with Crippen molar-refractivity contribution < 1.29 is 9.21 Å². The third-order valence-electron chi connectivity index (χ3n) is 6.16. The predicted molar refractivity (Wildman–Crippen MR) is 129 cm³/mol. The molecule has 2 aromatic heterocycles. The van der Waals surface area contributed by atoms with Crippen molar-refractivity contribution in [1.29, 1.82) is 0 Å². The van der Waals surface area contributed by atoms with E-state index in [1.807, 2.05) is 30.5 Å². The molecule has 4 N–H and O–H groups in total. The molecule has 1 aliphatic carbocycles. The SMILES string of the molecule is CN1CCN(c2cnc3ccc(-c4ccc5oc(N)nc5c4)cc3n2)CC1.NC1(C=O)CC1. The minimum atomic E-state index is -0.389. The van der Waals surface area contributed by atoms with Gasteiger partial charge in [-0.2, -0.15) is 4.98 Å². The van der Waals surface area contributed by atoms with Gasteiger partial charge in [-0.1, -0.05) is 12.1 Å². The number of nitrogen functional groups attached to an aromatic ring is 1. The number of benzene rings is 2. The van der Waals surface area contributed by atoms with Crippen molar-refractivity contribution >= 4 is 40.3 Å². The maximum atomic E-state index is 9.76. The summed E-state index contributed by atoms with van der Waals surface area (Å²) in [5.41, 5.74) is 15.9. The first-order valence-corrected chi connectivity index (χ1v) is 11.0. The second kappa shape index (κ2) is 8.42. The van der Waals surface area contributed by atoms with E-state index in [0.717, 1.165) is 78.8 Å². The number of carbonyl (C=O) groups is 1. The molecule has 0 amide bonds. The predicted octanol–water partition coefficient (Wildman–Crippen LogP) is 2.45. The third-order valence-corrected chi connectivity index (χ3v) is 6.16. The Bertz CT molecular complexity index is 1310. The van der Waals surface area contributed by atoms with Crippen LogP contribution in [0, 0.1) is 0 Å². The molecule has 1 aliphatic heterocycles. The second-order valence-electron chi connectivity index (χ2n) is 8.81. The van der Waals surface area contributed by atoms with Gasteiger partial charge >= 0.3 is 0 Å². The van der Waals surface area contributed by atoms with Crippen molar-refractivity contribution in [3.63, 3.8) is 0 Å². The summed E-state index contributed by atoms with van der Waals surface area (Å²) < 4.78 is 5.35. The van der Waals surface area contributed by atoms with Crippen molar-refractivity contribution in [1.82, 2.24) is 19.9 Å². The number of hydrogen-bond donors (Lipinski definition) is 2. The normalized spacial score (nSPS) is 17.6. The van der Waals surface area contributed by atoms with Gasteiger partial charge in [0.25, 0.3) is 6.01 Å². The van der Waals surface area contributed by atoms with Gasteiger partial charge in [-0.15, -0.1) is 0 Å². The quantitative estimate of drug-likeness (QED) is 0.457. The number of anilines is 2. The third kappa shape index (κ3) is 4.64. The van der Waals surface area contributed by atoms with Crippen LogP contribution in [0.1, 0.15) is 12.8 Å². The van der Waals surface area contributed by atoms with Crippen LogP contribution in [0.4, 0.5) is 11.8 Å². The molecule has 0 spiro atoms. The van der Waals surface area contributed by atoms with E-state index in [-0.39, 0.29) is 11.6 Å². The molecule has 0 radical (unpaired) electrons. The first-order chi connectivity index (χ1) is 15.9. The molecule has 1 saturated heterocycles. The Morgan fingerprint density at radius 1 is 0.970 bits per heavy atom. The fourth-order valence-corrected chi connectivity index (χ4v) is 3.76. The first-order valence-electron chi connectivity index (χ1n) is 11.0. The van der Waals surface area contributed by atoms with Crippen LogP contribution in [0.5, 0.6) is 0 Å². The monoisotopic (exact) mass is 445 g/mol. The lowest BCUT2D eigenvalue weighted by Gasteiger charge is -2.33. The van der Waals surface area contributed by atoms with Gasteiger partial charge in [-0.3, -0.25) is 4.98 Å². The lowest BCUT2D eigenvalue weighted by Crippen LogP contribution is -2.44. The number of carbonyl (C=O) groups excluding carboxylic acids is 1. The van der Waals surface area contributed by atoms with Crippen LogP contribution in [0.15, 0.2) is 47.0 Å². The molecule has 0 unspecified atom stereocenters. The summed E-state index contributed by atoms with van der Waals surface area (Å²) in [6.07, 6.45) is 4.47. The summed E-state index contributed by atoms with van der Waals surface area (Å²) in [4.78, 5) is 28.1. The molecule has 6 rings (SSSR count). The molecule has 9 heteroatoms. The van der Waals surface area contributed by atoms with E-state index in [0.29, 0.717) is 5.58 Å². The van der Waals surface area contributed by atoms with Crippen LogP contribution in [-0.4, -0.2) is 64.9 Å². The van der Waals surface area contributed by atoms with E-state index >= 15 is 0 Å². The Morgan fingerprint density at radius 2 is 1.67 bits per heavy atom. The molecule has 0 atom stereocenters. The van der Waals surface area contributed by atoms with Gasteiger partial charge in [0.1, 0.15) is 17.6 Å². The minimum Gasteiger partial charge on any atom is -0.424 e.